The first-order valence-corrected chi connectivity index (χ1v) is 10.4. The number of nitrogens with zero attached hydrogens (tertiary/aromatic N) is 5. The number of anilines is 1. The van der Waals surface area contributed by atoms with Gasteiger partial charge in [-0.2, -0.15) is 0 Å². The third kappa shape index (κ3) is 4.62. The maximum Gasteiger partial charge on any atom is 0.123 e. The van der Waals surface area contributed by atoms with Crippen LogP contribution in [-0.2, 0) is 13.6 Å². The van der Waals surface area contributed by atoms with Crippen molar-refractivity contribution in [2.75, 3.05) is 50.7 Å². The Morgan fingerprint density at radius 2 is 1.69 bits per heavy atom. The van der Waals surface area contributed by atoms with Crippen molar-refractivity contribution in [2.24, 2.45) is 12.2 Å². The second-order valence-electron chi connectivity index (χ2n) is 8.03. The molecule has 1 saturated heterocycles. The molecule has 1 aromatic carbocycles. The molecule has 1 fully saturated rings. The van der Waals surface area contributed by atoms with Gasteiger partial charge >= 0.3 is 0 Å². The van der Waals surface area contributed by atoms with Crippen LogP contribution in [0.4, 0.5) is 10.1 Å². The molecule has 2 aliphatic rings. The summed E-state index contributed by atoms with van der Waals surface area (Å²) in [5.41, 5.74) is 4.19. The third-order valence-electron chi connectivity index (χ3n) is 6.12. The summed E-state index contributed by atoms with van der Waals surface area (Å²) in [5.74, 6) is -0.180. The van der Waals surface area contributed by atoms with E-state index in [1.54, 1.807) is 0 Å². The molecule has 0 saturated carbocycles. The van der Waals surface area contributed by atoms with Crippen LogP contribution in [-0.4, -0.2) is 71.1 Å². The number of piperazine rings is 1. The predicted molar refractivity (Wildman–Crippen MR) is 113 cm³/mol. The van der Waals surface area contributed by atoms with E-state index in [4.69, 9.17) is 0 Å². The van der Waals surface area contributed by atoms with E-state index in [1.807, 2.05) is 25.4 Å². The van der Waals surface area contributed by atoms with Crippen LogP contribution in [0.5, 0.6) is 0 Å². The number of aromatic nitrogens is 1. The Bertz CT molecular complexity index is 839. The monoisotopic (exact) mass is 399 g/mol. The molecule has 2 aliphatic heterocycles. The Kier molecular flexibility index (Phi) is 6.16. The van der Waals surface area contributed by atoms with E-state index >= 15 is 0 Å². The molecular weight excluding hydrogens is 369 g/mol. The van der Waals surface area contributed by atoms with Gasteiger partial charge in [0.05, 0.1) is 5.69 Å². The highest BCUT2D eigenvalue weighted by molar-refractivity contribution is 6.00. The molecule has 2 aromatic rings. The Morgan fingerprint density at radius 3 is 2.41 bits per heavy atom. The van der Waals surface area contributed by atoms with Crippen LogP contribution in [0, 0.1) is 5.82 Å². The normalized spacial score (nSPS) is 20.1. The van der Waals surface area contributed by atoms with Gasteiger partial charge in [-0.1, -0.05) is 5.16 Å². The van der Waals surface area contributed by atoms with Crippen molar-refractivity contribution >= 4 is 11.4 Å². The molecule has 156 valence electrons. The zero-order valence-electron chi connectivity index (χ0n) is 17.1. The minimum Gasteiger partial charge on any atom is -0.411 e. The fraction of sp³-hybridized carbons (Fsp3) is 0.500. The number of aryl methyl sites for hydroxylation is 1. The molecule has 6 nitrogen and oxygen atoms in total. The van der Waals surface area contributed by atoms with Gasteiger partial charge < -0.3 is 14.7 Å². The average molecular weight is 400 g/mol. The fourth-order valence-corrected chi connectivity index (χ4v) is 4.49. The zero-order chi connectivity index (χ0) is 20.2. The minimum atomic E-state index is -0.180. The van der Waals surface area contributed by atoms with Crippen LogP contribution in [0.25, 0.3) is 0 Å². The van der Waals surface area contributed by atoms with Crippen molar-refractivity contribution in [1.29, 1.82) is 0 Å². The van der Waals surface area contributed by atoms with Crippen molar-refractivity contribution < 1.29 is 9.60 Å². The second-order valence-corrected chi connectivity index (χ2v) is 8.03. The lowest BCUT2D eigenvalue weighted by Gasteiger charge is -2.36. The van der Waals surface area contributed by atoms with E-state index in [0.717, 1.165) is 82.3 Å². The Morgan fingerprint density at radius 1 is 0.966 bits per heavy atom. The van der Waals surface area contributed by atoms with Gasteiger partial charge in [0.1, 0.15) is 11.5 Å². The van der Waals surface area contributed by atoms with Crippen LogP contribution in [0.2, 0.25) is 0 Å². The lowest BCUT2D eigenvalue weighted by atomic mass is 10.1. The molecule has 0 spiro atoms. The molecule has 0 unspecified atom stereocenters. The quantitative estimate of drug-likeness (QED) is 0.620. The molecule has 0 bridgehead atoms. The predicted octanol–water partition coefficient (Wildman–Crippen LogP) is 2.76. The first kappa shape index (κ1) is 19.9. The summed E-state index contributed by atoms with van der Waals surface area (Å²) in [4.78, 5) is 7.32. The van der Waals surface area contributed by atoms with E-state index in [9.17, 15) is 9.60 Å². The van der Waals surface area contributed by atoms with Crippen molar-refractivity contribution in [3.05, 3.63) is 53.6 Å². The maximum atomic E-state index is 13.1. The topological polar surface area (TPSA) is 47.2 Å². The Labute approximate surface area is 171 Å². The fourth-order valence-electron chi connectivity index (χ4n) is 4.49. The van der Waals surface area contributed by atoms with E-state index in [-0.39, 0.29) is 5.82 Å². The van der Waals surface area contributed by atoms with E-state index in [2.05, 4.69) is 30.5 Å². The van der Waals surface area contributed by atoms with Gasteiger partial charge in [-0.3, -0.25) is 9.80 Å². The van der Waals surface area contributed by atoms with Crippen LogP contribution < -0.4 is 4.90 Å². The summed E-state index contributed by atoms with van der Waals surface area (Å²) in [7, 11) is 2.01. The first-order valence-electron chi connectivity index (χ1n) is 10.4. The SMILES string of the molecule is Cn1ccc2c1/C(=N/O)CCN(CCCN1CCN(c3ccc(F)cc3)CC1)C2. The summed E-state index contributed by atoms with van der Waals surface area (Å²) >= 11 is 0. The van der Waals surface area contributed by atoms with E-state index in [0.29, 0.717) is 0 Å². The van der Waals surface area contributed by atoms with Gasteiger partial charge in [0.15, 0.2) is 0 Å². The highest BCUT2D eigenvalue weighted by Gasteiger charge is 2.22. The summed E-state index contributed by atoms with van der Waals surface area (Å²) < 4.78 is 15.2. The summed E-state index contributed by atoms with van der Waals surface area (Å²) in [6.45, 7) is 8.03. The second kappa shape index (κ2) is 8.97. The van der Waals surface area contributed by atoms with Gasteiger partial charge in [0, 0.05) is 64.6 Å². The average Bonchev–Trinajstić information content (AvgIpc) is 2.99. The lowest BCUT2D eigenvalue weighted by Crippen LogP contribution is -2.47. The number of rotatable bonds is 5. The molecule has 0 aliphatic carbocycles. The molecular formula is C22H30FN5O. The first-order chi connectivity index (χ1) is 14.1. The highest BCUT2D eigenvalue weighted by Crippen LogP contribution is 2.21. The zero-order valence-corrected chi connectivity index (χ0v) is 17.1. The largest absolute Gasteiger partial charge is 0.411 e. The molecule has 1 N–H and O–H groups in total. The standard InChI is InChI=1S/C22H30FN5O/c1-25-11-7-18-17-27(12-8-21(24-29)22(18)25)10-2-9-26-13-15-28(16-14-26)20-5-3-19(23)4-6-20/h3-7,11,29H,2,8-10,12-17H2,1H3/b24-21+. The Hall–Kier alpha value is -2.38. The van der Waals surface area contributed by atoms with Gasteiger partial charge in [-0.05, 0) is 55.4 Å². The molecule has 0 amide bonds. The van der Waals surface area contributed by atoms with Crippen molar-refractivity contribution in [3.8, 4) is 0 Å². The van der Waals surface area contributed by atoms with Gasteiger partial charge in [-0.25, -0.2) is 4.39 Å². The minimum absolute atomic E-state index is 0.180. The molecule has 7 heteroatoms. The molecule has 1 aromatic heterocycles. The van der Waals surface area contributed by atoms with Gasteiger partial charge in [0.2, 0.25) is 0 Å². The summed E-state index contributed by atoms with van der Waals surface area (Å²) in [6, 6.07) is 8.94. The van der Waals surface area contributed by atoms with Crippen LogP contribution >= 0.6 is 0 Å². The summed E-state index contributed by atoms with van der Waals surface area (Å²) in [6.07, 6.45) is 3.95. The van der Waals surface area contributed by atoms with Gasteiger partial charge in [-0.15, -0.1) is 0 Å². The molecule has 29 heavy (non-hydrogen) atoms. The van der Waals surface area contributed by atoms with Crippen LogP contribution in [0.3, 0.4) is 0 Å². The van der Waals surface area contributed by atoms with Gasteiger partial charge in [0.25, 0.3) is 0 Å². The van der Waals surface area contributed by atoms with Crippen molar-refractivity contribution in [3.63, 3.8) is 0 Å². The molecule has 0 radical (unpaired) electrons. The van der Waals surface area contributed by atoms with Crippen LogP contribution in [0.15, 0.2) is 41.7 Å². The smallest absolute Gasteiger partial charge is 0.123 e. The number of benzene rings is 1. The summed E-state index contributed by atoms with van der Waals surface area (Å²) in [5, 5.41) is 12.9. The van der Waals surface area contributed by atoms with Crippen LogP contribution in [0.1, 0.15) is 24.1 Å². The highest BCUT2D eigenvalue weighted by atomic mass is 19.1. The molecule has 3 heterocycles. The number of fused-ring (bicyclic) bond motifs is 1. The van der Waals surface area contributed by atoms with E-state index in [1.165, 1.54) is 17.7 Å². The third-order valence-corrected chi connectivity index (χ3v) is 6.12. The lowest BCUT2D eigenvalue weighted by molar-refractivity contribution is 0.218. The maximum absolute atomic E-state index is 13.1. The van der Waals surface area contributed by atoms with E-state index < -0.39 is 0 Å². The number of hydrogen-bond acceptors (Lipinski definition) is 5. The number of hydrogen-bond donors (Lipinski definition) is 1. The van der Waals surface area contributed by atoms with Crippen molar-refractivity contribution in [2.45, 2.75) is 19.4 Å². The molecule has 0 atom stereocenters. The number of oxime groups is 1. The Balaban J connectivity index is 1.23. The number of halogens is 1. The molecule has 4 rings (SSSR count). The van der Waals surface area contributed by atoms with Crippen molar-refractivity contribution in [1.82, 2.24) is 14.4 Å².